The summed E-state index contributed by atoms with van der Waals surface area (Å²) >= 11 is 0. The van der Waals surface area contributed by atoms with Gasteiger partial charge in [0.25, 0.3) is 0 Å². The smallest absolute Gasteiger partial charge is 0.345 e. The number of hydrogen-bond acceptors (Lipinski definition) is 5. The molecule has 0 aromatic carbocycles. The van der Waals surface area contributed by atoms with Gasteiger partial charge in [0.2, 0.25) is 5.91 Å². The highest BCUT2D eigenvalue weighted by atomic mass is 16.2. The first-order chi connectivity index (χ1) is 11.3. The molecule has 8 heteroatoms. The first-order valence-electron chi connectivity index (χ1n) is 7.96. The third-order valence-corrected chi connectivity index (χ3v) is 3.75. The molecule has 0 saturated carbocycles. The molecule has 1 amide bonds. The molecule has 2 heterocycles. The van der Waals surface area contributed by atoms with Gasteiger partial charge in [0.15, 0.2) is 0 Å². The number of carbonyl (C=O) groups is 1. The summed E-state index contributed by atoms with van der Waals surface area (Å²) in [6.45, 7) is 7.63. The van der Waals surface area contributed by atoms with Crippen molar-refractivity contribution in [3.63, 3.8) is 0 Å². The van der Waals surface area contributed by atoms with Gasteiger partial charge in [0.05, 0.1) is 6.04 Å². The van der Waals surface area contributed by atoms with Crippen LogP contribution in [0.1, 0.15) is 43.5 Å². The Labute approximate surface area is 140 Å². The van der Waals surface area contributed by atoms with Crippen LogP contribution in [-0.4, -0.2) is 30.2 Å². The lowest BCUT2D eigenvalue weighted by Gasteiger charge is -2.20. The molecule has 8 nitrogen and oxygen atoms in total. The van der Waals surface area contributed by atoms with Crippen LogP contribution < -0.4 is 11.0 Å². The Bertz CT molecular complexity index is 777. The van der Waals surface area contributed by atoms with Crippen LogP contribution in [0.15, 0.2) is 17.2 Å². The van der Waals surface area contributed by atoms with Crippen LogP contribution in [0.5, 0.6) is 0 Å². The Balaban J connectivity index is 2.17. The van der Waals surface area contributed by atoms with Gasteiger partial charge in [-0.2, -0.15) is 10.1 Å². The number of nitrogens with zero attached hydrogens (tertiary/aromatic N) is 5. The average Bonchev–Trinajstić information content (AvgIpc) is 2.87. The molecule has 0 aliphatic carbocycles. The van der Waals surface area contributed by atoms with Gasteiger partial charge < -0.3 is 5.32 Å². The molecule has 0 radical (unpaired) electrons. The number of aryl methyl sites for hydroxylation is 3. The van der Waals surface area contributed by atoms with Crippen LogP contribution in [0.2, 0.25) is 0 Å². The summed E-state index contributed by atoms with van der Waals surface area (Å²) in [5, 5.41) is 7.02. The monoisotopic (exact) mass is 332 g/mol. The molecule has 0 spiro atoms. The Morgan fingerprint density at radius 1 is 1.33 bits per heavy atom. The minimum Gasteiger partial charge on any atom is -0.345 e. The maximum atomic E-state index is 12.4. The maximum absolute atomic E-state index is 12.4. The van der Waals surface area contributed by atoms with Crippen molar-refractivity contribution in [3.05, 3.63) is 40.1 Å². The van der Waals surface area contributed by atoms with Crippen molar-refractivity contribution in [2.45, 2.75) is 46.7 Å². The average molecular weight is 332 g/mol. The summed E-state index contributed by atoms with van der Waals surface area (Å²) in [5.74, 6) is 0.820. The molecule has 1 N–H and O–H groups in total. The summed E-state index contributed by atoms with van der Waals surface area (Å²) in [6.07, 6.45) is 2.20. The van der Waals surface area contributed by atoms with E-state index in [1.54, 1.807) is 31.6 Å². The SMILES string of the molecule is Cc1cc(C)n(CC(=O)N[C@@H](CC(C)C)c2ncnn2C)c(=O)n1. The van der Waals surface area contributed by atoms with Crippen molar-refractivity contribution in [2.75, 3.05) is 0 Å². The summed E-state index contributed by atoms with van der Waals surface area (Å²) < 4.78 is 3.02. The molecule has 1 atom stereocenters. The van der Waals surface area contributed by atoms with Crippen molar-refractivity contribution in [3.8, 4) is 0 Å². The molecule has 0 fully saturated rings. The number of carbonyl (C=O) groups excluding carboxylic acids is 1. The number of hydrogen-bond donors (Lipinski definition) is 1. The zero-order chi connectivity index (χ0) is 17.9. The van der Waals surface area contributed by atoms with E-state index in [0.717, 1.165) is 6.42 Å². The van der Waals surface area contributed by atoms with Gasteiger partial charge in [-0.15, -0.1) is 0 Å². The fourth-order valence-corrected chi connectivity index (χ4v) is 2.67. The first-order valence-corrected chi connectivity index (χ1v) is 7.96. The van der Waals surface area contributed by atoms with Gasteiger partial charge in [-0.05, 0) is 32.3 Å². The van der Waals surface area contributed by atoms with E-state index in [-0.39, 0.29) is 18.5 Å². The molecule has 0 saturated heterocycles. The van der Waals surface area contributed by atoms with E-state index in [9.17, 15) is 9.59 Å². The highest BCUT2D eigenvalue weighted by molar-refractivity contribution is 5.76. The molecule has 0 aliphatic heterocycles. The minimum atomic E-state index is -0.415. The zero-order valence-electron chi connectivity index (χ0n) is 14.8. The predicted molar refractivity (Wildman–Crippen MR) is 89.3 cm³/mol. The Morgan fingerprint density at radius 3 is 2.58 bits per heavy atom. The van der Waals surface area contributed by atoms with Crippen molar-refractivity contribution >= 4 is 5.91 Å². The van der Waals surface area contributed by atoms with Crippen molar-refractivity contribution in [2.24, 2.45) is 13.0 Å². The molecule has 2 aromatic heterocycles. The van der Waals surface area contributed by atoms with Gasteiger partial charge in [-0.3, -0.25) is 14.0 Å². The standard InChI is InChI=1S/C16H24N6O2/c1-10(2)6-13(15-17-9-18-21(15)5)20-14(23)8-22-12(4)7-11(3)19-16(22)24/h7,9-10,13H,6,8H2,1-5H3,(H,20,23)/t13-/m0/s1. The third kappa shape index (κ3) is 4.27. The lowest BCUT2D eigenvalue weighted by Crippen LogP contribution is -2.37. The van der Waals surface area contributed by atoms with Gasteiger partial charge in [0, 0.05) is 18.4 Å². The topological polar surface area (TPSA) is 94.7 Å². The predicted octanol–water partition coefficient (Wildman–Crippen LogP) is 0.892. The second-order valence-electron chi connectivity index (χ2n) is 6.40. The Kier molecular flexibility index (Phi) is 5.48. The van der Waals surface area contributed by atoms with Crippen LogP contribution in [0.4, 0.5) is 0 Å². The normalized spacial score (nSPS) is 12.4. The molecular formula is C16H24N6O2. The van der Waals surface area contributed by atoms with Crippen LogP contribution in [0.3, 0.4) is 0 Å². The van der Waals surface area contributed by atoms with E-state index < -0.39 is 5.69 Å². The Morgan fingerprint density at radius 2 is 2.04 bits per heavy atom. The van der Waals surface area contributed by atoms with E-state index in [2.05, 4.69) is 34.2 Å². The van der Waals surface area contributed by atoms with Gasteiger partial charge in [-0.25, -0.2) is 9.78 Å². The minimum absolute atomic E-state index is 0.0651. The second-order valence-corrected chi connectivity index (χ2v) is 6.40. The van der Waals surface area contributed by atoms with E-state index >= 15 is 0 Å². The summed E-state index contributed by atoms with van der Waals surface area (Å²) in [4.78, 5) is 32.5. The summed E-state index contributed by atoms with van der Waals surface area (Å²) in [6, 6.07) is 1.53. The second kappa shape index (κ2) is 7.37. The van der Waals surface area contributed by atoms with Crippen molar-refractivity contribution < 1.29 is 4.79 Å². The highest BCUT2D eigenvalue weighted by Gasteiger charge is 2.21. The van der Waals surface area contributed by atoms with E-state index in [1.807, 2.05) is 0 Å². The quantitative estimate of drug-likeness (QED) is 0.848. The van der Waals surface area contributed by atoms with Crippen molar-refractivity contribution in [1.29, 1.82) is 0 Å². The molecule has 0 unspecified atom stereocenters. The van der Waals surface area contributed by atoms with E-state index in [0.29, 0.717) is 23.1 Å². The van der Waals surface area contributed by atoms with Gasteiger partial charge in [-0.1, -0.05) is 13.8 Å². The molecule has 0 aliphatic rings. The fourth-order valence-electron chi connectivity index (χ4n) is 2.67. The van der Waals surface area contributed by atoms with Crippen LogP contribution >= 0.6 is 0 Å². The van der Waals surface area contributed by atoms with Gasteiger partial charge in [0.1, 0.15) is 18.7 Å². The molecule has 2 aromatic rings. The zero-order valence-corrected chi connectivity index (χ0v) is 14.8. The molecule has 0 bridgehead atoms. The lowest BCUT2D eigenvalue weighted by molar-refractivity contribution is -0.122. The Hall–Kier alpha value is -2.51. The fraction of sp³-hybridized carbons (Fsp3) is 0.562. The van der Waals surface area contributed by atoms with Crippen LogP contribution in [0.25, 0.3) is 0 Å². The number of aromatic nitrogens is 5. The molecular weight excluding hydrogens is 308 g/mol. The first kappa shape index (κ1) is 17.8. The van der Waals surface area contributed by atoms with E-state index in [4.69, 9.17) is 0 Å². The van der Waals surface area contributed by atoms with Crippen LogP contribution in [-0.2, 0) is 18.4 Å². The number of rotatable bonds is 6. The molecule has 130 valence electrons. The third-order valence-electron chi connectivity index (χ3n) is 3.75. The van der Waals surface area contributed by atoms with Gasteiger partial charge >= 0.3 is 5.69 Å². The maximum Gasteiger partial charge on any atom is 0.348 e. The summed E-state index contributed by atoms with van der Waals surface area (Å²) in [5.41, 5.74) is 0.939. The highest BCUT2D eigenvalue weighted by Crippen LogP contribution is 2.18. The molecule has 24 heavy (non-hydrogen) atoms. The molecule has 2 rings (SSSR count). The van der Waals surface area contributed by atoms with Crippen LogP contribution in [0, 0.1) is 19.8 Å². The number of nitrogens with one attached hydrogen (secondary N) is 1. The largest absolute Gasteiger partial charge is 0.348 e. The van der Waals surface area contributed by atoms with E-state index in [1.165, 1.54) is 10.9 Å². The summed E-state index contributed by atoms with van der Waals surface area (Å²) in [7, 11) is 1.79. The number of amides is 1. The van der Waals surface area contributed by atoms with Crippen molar-refractivity contribution in [1.82, 2.24) is 29.6 Å². The lowest BCUT2D eigenvalue weighted by atomic mass is 10.0.